The molecule has 5 nitrogen and oxygen atoms in total. The van der Waals surface area contributed by atoms with E-state index < -0.39 is 0 Å². The van der Waals surface area contributed by atoms with E-state index in [0.29, 0.717) is 6.61 Å². The third-order valence-electron chi connectivity index (χ3n) is 2.50. The van der Waals surface area contributed by atoms with Gasteiger partial charge in [0.2, 0.25) is 0 Å². The third kappa shape index (κ3) is 3.65. The van der Waals surface area contributed by atoms with Crippen molar-refractivity contribution in [3.63, 3.8) is 0 Å². The minimum absolute atomic E-state index is 0.155. The molecule has 2 rings (SSSR count). The summed E-state index contributed by atoms with van der Waals surface area (Å²) >= 11 is 0. The number of pyridine rings is 1. The fourth-order valence-electron chi connectivity index (χ4n) is 1.50. The van der Waals surface area contributed by atoms with Crippen LogP contribution in [0.1, 0.15) is 5.69 Å². The van der Waals surface area contributed by atoms with E-state index in [1.807, 2.05) is 38.5 Å². The van der Waals surface area contributed by atoms with Crippen molar-refractivity contribution in [3.8, 4) is 0 Å². The minimum Gasteiger partial charge on any atom is -0.360 e. The first-order valence-electron chi connectivity index (χ1n) is 5.94. The van der Waals surface area contributed by atoms with Gasteiger partial charge in [0.1, 0.15) is 5.70 Å². The summed E-state index contributed by atoms with van der Waals surface area (Å²) in [5.74, 6) is 0. The van der Waals surface area contributed by atoms with Gasteiger partial charge in [-0.2, -0.15) is 0 Å². The van der Waals surface area contributed by atoms with E-state index in [1.165, 1.54) is 0 Å². The molecule has 0 aromatic carbocycles. The van der Waals surface area contributed by atoms with Gasteiger partial charge in [-0.3, -0.25) is 9.98 Å². The molecule has 1 aromatic heterocycles. The number of aliphatic imine (C=N–C) groups is 1. The molecule has 1 aromatic rings. The topological polar surface area (TPSA) is 49.8 Å². The lowest BCUT2D eigenvalue weighted by atomic mass is 10.3. The second-order valence-corrected chi connectivity index (χ2v) is 4.28. The Balaban J connectivity index is 1.84. The Morgan fingerprint density at radius 3 is 2.89 bits per heavy atom. The Morgan fingerprint density at radius 2 is 2.28 bits per heavy atom. The molecule has 2 heterocycles. The third-order valence-corrected chi connectivity index (χ3v) is 2.50. The predicted octanol–water partition coefficient (Wildman–Crippen LogP) is 0.958. The molecule has 1 N–H and O–H groups in total. The van der Waals surface area contributed by atoms with Crippen LogP contribution in [0, 0.1) is 0 Å². The van der Waals surface area contributed by atoms with Crippen LogP contribution in [0.4, 0.5) is 0 Å². The van der Waals surface area contributed by atoms with E-state index in [4.69, 9.17) is 4.74 Å². The second kappa shape index (κ2) is 6.28. The highest BCUT2D eigenvalue weighted by Crippen LogP contribution is 2.13. The molecule has 1 unspecified atom stereocenters. The van der Waals surface area contributed by atoms with Crippen LogP contribution in [-0.2, 0) is 4.74 Å². The van der Waals surface area contributed by atoms with Gasteiger partial charge in [-0.15, -0.1) is 0 Å². The Kier molecular flexibility index (Phi) is 4.44. The molecule has 96 valence electrons. The van der Waals surface area contributed by atoms with Gasteiger partial charge in [0.15, 0.2) is 6.23 Å². The van der Waals surface area contributed by atoms with E-state index in [2.05, 4.69) is 20.2 Å². The first kappa shape index (κ1) is 12.7. The maximum atomic E-state index is 5.61. The number of aromatic nitrogens is 1. The summed E-state index contributed by atoms with van der Waals surface area (Å²) < 4.78 is 5.61. The van der Waals surface area contributed by atoms with Crippen molar-refractivity contribution < 1.29 is 4.74 Å². The van der Waals surface area contributed by atoms with Gasteiger partial charge in [0, 0.05) is 18.9 Å². The van der Waals surface area contributed by atoms with Crippen LogP contribution in [0.2, 0.25) is 0 Å². The fourth-order valence-corrected chi connectivity index (χ4v) is 1.50. The number of nitrogens with zero attached hydrogens (tertiary/aromatic N) is 3. The Labute approximate surface area is 107 Å². The van der Waals surface area contributed by atoms with Crippen LogP contribution in [0.3, 0.4) is 0 Å². The molecule has 0 fully saturated rings. The van der Waals surface area contributed by atoms with Crippen molar-refractivity contribution >= 4 is 11.9 Å². The zero-order valence-corrected chi connectivity index (χ0v) is 10.7. The van der Waals surface area contributed by atoms with Crippen molar-refractivity contribution in [2.45, 2.75) is 6.23 Å². The average Bonchev–Trinajstić information content (AvgIpc) is 2.40. The van der Waals surface area contributed by atoms with Gasteiger partial charge in [-0.25, -0.2) is 0 Å². The molecule has 0 saturated heterocycles. The van der Waals surface area contributed by atoms with Crippen LogP contribution in [0.25, 0.3) is 5.70 Å². The van der Waals surface area contributed by atoms with Crippen LogP contribution in [-0.4, -0.2) is 49.6 Å². The number of nitrogens with one attached hydrogen (secondary N) is 1. The molecule has 18 heavy (non-hydrogen) atoms. The van der Waals surface area contributed by atoms with Crippen molar-refractivity contribution in [1.82, 2.24) is 15.2 Å². The monoisotopic (exact) mass is 246 g/mol. The van der Waals surface area contributed by atoms with E-state index in [9.17, 15) is 0 Å². The predicted molar refractivity (Wildman–Crippen MR) is 72.1 cm³/mol. The van der Waals surface area contributed by atoms with E-state index in [0.717, 1.165) is 17.9 Å². The summed E-state index contributed by atoms with van der Waals surface area (Å²) in [5, 5.41) is 3.15. The normalized spacial score (nSPS) is 18.6. The highest BCUT2D eigenvalue weighted by molar-refractivity contribution is 5.77. The van der Waals surface area contributed by atoms with Gasteiger partial charge in [-0.05, 0) is 26.2 Å². The van der Waals surface area contributed by atoms with Crippen molar-refractivity contribution in [1.29, 1.82) is 0 Å². The van der Waals surface area contributed by atoms with Gasteiger partial charge in [0.05, 0.1) is 18.5 Å². The summed E-state index contributed by atoms with van der Waals surface area (Å²) in [6.45, 7) is 1.56. The number of rotatable bonds is 5. The number of ether oxygens (including phenoxy) is 1. The van der Waals surface area contributed by atoms with Gasteiger partial charge >= 0.3 is 0 Å². The van der Waals surface area contributed by atoms with Gasteiger partial charge in [-0.1, -0.05) is 6.07 Å². The number of likely N-dealkylation sites (N-methyl/N-ethyl adjacent to an activating group) is 1. The van der Waals surface area contributed by atoms with Gasteiger partial charge in [0.25, 0.3) is 0 Å². The lowest BCUT2D eigenvalue weighted by Crippen LogP contribution is -2.33. The molecular formula is C13H18N4O. The van der Waals surface area contributed by atoms with Crippen molar-refractivity contribution in [2.75, 3.05) is 27.2 Å². The van der Waals surface area contributed by atoms with Crippen molar-refractivity contribution in [2.24, 2.45) is 4.99 Å². The average molecular weight is 246 g/mol. The molecule has 0 aliphatic carbocycles. The maximum Gasteiger partial charge on any atom is 0.163 e. The Bertz CT molecular complexity index is 428. The zero-order valence-electron chi connectivity index (χ0n) is 10.7. The molecule has 1 aliphatic rings. The van der Waals surface area contributed by atoms with Crippen LogP contribution in [0.5, 0.6) is 0 Å². The Morgan fingerprint density at radius 1 is 1.39 bits per heavy atom. The summed E-state index contributed by atoms with van der Waals surface area (Å²) in [6.07, 6.45) is 5.20. The minimum atomic E-state index is -0.155. The van der Waals surface area contributed by atoms with Crippen LogP contribution < -0.4 is 5.32 Å². The molecular weight excluding hydrogens is 228 g/mol. The highest BCUT2D eigenvalue weighted by atomic mass is 16.5. The van der Waals surface area contributed by atoms with E-state index in [-0.39, 0.29) is 6.23 Å². The largest absolute Gasteiger partial charge is 0.360 e. The molecule has 1 atom stereocenters. The number of hydrogen-bond donors (Lipinski definition) is 1. The molecule has 0 saturated carbocycles. The van der Waals surface area contributed by atoms with E-state index in [1.54, 1.807) is 12.4 Å². The van der Waals surface area contributed by atoms with Crippen LogP contribution >= 0.6 is 0 Å². The molecule has 0 radical (unpaired) electrons. The lowest BCUT2D eigenvalue weighted by molar-refractivity contribution is 0.0755. The maximum absolute atomic E-state index is 5.61. The van der Waals surface area contributed by atoms with Crippen molar-refractivity contribution in [3.05, 3.63) is 36.3 Å². The summed E-state index contributed by atoms with van der Waals surface area (Å²) in [5.41, 5.74) is 1.68. The van der Waals surface area contributed by atoms with Crippen LogP contribution in [0.15, 0.2) is 35.6 Å². The van der Waals surface area contributed by atoms with E-state index >= 15 is 0 Å². The zero-order chi connectivity index (χ0) is 12.8. The van der Waals surface area contributed by atoms with Gasteiger partial charge < -0.3 is 15.0 Å². The molecule has 0 amide bonds. The fraction of sp³-hybridized carbons (Fsp3) is 0.385. The Hall–Kier alpha value is -1.72. The quantitative estimate of drug-likeness (QED) is 0.840. The standard InChI is InChI=1S/C13H18N4O/c1-17(2)7-8-18-13-10-15-12(9-16-13)11-5-3-4-6-14-11/h3-6,9-10,13,16H,7-8H2,1-2H3. The summed E-state index contributed by atoms with van der Waals surface area (Å²) in [6, 6.07) is 5.76. The summed E-state index contributed by atoms with van der Waals surface area (Å²) in [7, 11) is 4.04. The SMILES string of the molecule is CN(C)CCOC1C=NC(c2ccccn2)=CN1. The molecule has 0 spiro atoms. The summed E-state index contributed by atoms with van der Waals surface area (Å²) in [4.78, 5) is 10.7. The molecule has 5 heteroatoms. The highest BCUT2D eigenvalue weighted by Gasteiger charge is 2.10. The lowest BCUT2D eigenvalue weighted by Gasteiger charge is -2.19. The molecule has 0 bridgehead atoms. The first-order valence-corrected chi connectivity index (χ1v) is 5.94. The molecule has 1 aliphatic heterocycles. The smallest absolute Gasteiger partial charge is 0.163 e. The number of hydrogen-bond acceptors (Lipinski definition) is 5. The second-order valence-electron chi connectivity index (χ2n) is 4.28. The first-order chi connectivity index (χ1) is 8.75.